The van der Waals surface area contributed by atoms with Crippen molar-refractivity contribution in [1.29, 1.82) is 0 Å². The summed E-state index contributed by atoms with van der Waals surface area (Å²) in [6, 6.07) is 0. The minimum absolute atomic E-state index is 0.0418. The molecule has 0 saturated heterocycles. The van der Waals surface area contributed by atoms with E-state index in [1.165, 1.54) is 96.3 Å². The molecule has 1 unspecified atom stereocenters. The monoisotopic (exact) mass is 848 g/mol. The van der Waals surface area contributed by atoms with E-state index >= 15 is 0 Å². The van der Waals surface area contributed by atoms with E-state index in [9.17, 15) is 19.0 Å². The van der Waals surface area contributed by atoms with Gasteiger partial charge in [-0.3, -0.25) is 18.6 Å². The molecule has 59 heavy (non-hydrogen) atoms. The molecular weight excluding hydrogens is 762 g/mol. The van der Waals surface area contributed by atoms with Gasteiger partial charge in [-0.1, -0.05) is 202 Å². The van der Waals surface area contributed by atoms with E-state index in [2.05, 4.69) is 74.6 Å². The third kappa shape index (κ3) is 44.8. The Morgan fingerprint density at radius 3 is 1.36 bits per heavy atom. The van der Waals surface area contributed by atoms with Crippen molar-refractivity contribution in [2.45, 2.75) is 200 Å². The number of ether oxygens (including phenoxy) is 2. The Balaban J connectivity index is 4.21. The topological polar surface area (TPSA) is 134 Å². The number of hydrogen-bond acceptors (Lipinski definition) is 8. The van der Waals surface area contributed by atoms with Crippen LogP contribution < -0.4 is 5.73 Å². The van der Waals surface area contributed by atoms with Gasteiger partial charge in [0.15, 0.2) is 6.10 Å². The predicted octanol–water partition coefficient (Wildman–Crippen LogP) is 13.8. The van der Waals surface area contributed by atoms with Gasteiger partial charge in [0.2, 0.25) is 0 Å². The molecule has 0 heterocycles. The van der Waals surface area contributed by atoms with Crippen molar-refractivity contribution in [3.63, 3.8) is 0 Å². The second-order valence-corrected chi connectivity index (χ2v) is 16.7. The summed E-state index contributed by atoms with van der Waals surface area (Å²) >= 11 is 0. The lowest BCUT2D eigenvalue weighted by molar-refractivity contribution is -0.161. The number of phosphoric acid groups is 1. The molecule has 0 rings (SSSR count). The quantitative estimate of drug-likeness (QED) is 0.0266. The van der Waals surface area contributed by atoms with Crippen molar-refractivity contribution >= 4 is 19.8 Å². The summed E-state index contributed by atoms with van der Waals surface area (Å²) in [6.45, 7) is 3.55. The molecule has 0 aromatic heterocycles. The molecule has 0 fully saturated rings. The molecule has 0 aromatic rings. The number of esters is 2. The van der Waals surface area contributed by atoms with Gasteiger partial charge in [0.25, 0.3) is 0 Å². The number of rotatable bonds is 43. The summed E-state index contributed by atoms with van der Waals surface area (Å²) in [6.07, 6.45) is 55.2. The normalized spacial score (nSPS) is 13.9. The Kier molecular flexibility index (Phi) is 43.0. The van der Waals surface area contributed by atoms with Gasteiger partial charge in [0.1, 0.15) is 6.61 Å². The van der Waals surface area contributed by atoms with Crippen molar-refractivity contribution in [2.75, 3.05) is 26.4 Å². The average molecular weight is 848 g/mol. The van der Waals surface area contributed by atoms with Gasteiger partial charge in [-0.15, -0.1) is 0 Å². The first-order valence-electron chi connectivity index (χ1n) is 23.4. The zero-order valence-corrected chi connectivity index (χ0v) is 38.4. The molecule has 0 aliphatic carbocycles. The molecule has 9 nitrogen and oxygen atoms in total. The Morgan fingerprint density at radius 1 is 0.525 bits per heavy atom. The number of phosphoric ester groups is 1. The van der Waals surface area contributed by atoms with E-state index in [1.807, 2.05) is 12.2 Å². The van der Waals surface area contributed by atoms with Crippen molar-refractivity contribution in [2.24, 2.45) is 5.73 Å². The second-order valence-electron chi connectivity index (χ2n) is 15.2. The zero-order valence-electron chi connectivity index (χ0n) is 37.5. The molecule has 0 radical (unpaired) electrons. The van der Waals surface area contributed by atoms with Crippen molar-refractivity contribution in [3.8, 4) is 0 Å². The standard InChI is InChI=1S/C49H86NO8P/c1-3-5-7-9-11-13-15-17-19-21-23-25-27-29-31-33-35-37-39-41-48(51)55-45-47(46-57-59(53,54)56-44-43-50)58-49(52)42-40-38-36-34-32-30-28-26-24-22-20-18-16-14-12-10-8-6-4-2/h5,7,11,13,17,19,23,25,29,31,35,37,47H,3-4,6,8-10,12,14-16,18,20-22,24,26-28,30,32-34,36,38-46,50H2,1-2H3,(H,53,54)/b7-5+,13-11+,19-17+,25-23+,31-29+,37-35+/t47-/m1/s1. The molecule has 0 bridgehead atoms. The first-order valence-corrected chi connectivity index (χ1v) is 24.9. The summed E-state index contributed by atoms with van der Waals surface area (Å²) in [5.74, 6) is -0.925. The van der Waals surface area contributed by atoms with E-state index in [-0.39, 0.29) is 32.6 Å². The van der Waals surface area contributed by atoms with E-state index in [0.717, 1.165) is 57.8 Å². The second kappa shape index (κ2) is 45.0. The van der Waals surface area contributed by atoms with Gasteiger partial charge in [-0.2, -0.15) is 0 Å². The van der Waals surface area contributed by atoms with Crippen LogP contribution in [0.1, 0.15) is 194 Å². The van der Waals surface area contributed by atoms with Gasteiger partial charge in [0, 0.05) is 19.4 Å². The number of hydrogen-bond donors (Lipinski definition) is 2. The largest absolute Gasteiger partial charge is 0.472 e. The van der Waals surface area contributed by atoms with Crippen LogP contribution in [0.15, 0.2) is 72.9 Å². The van der Waals surface area contributed by atoms with Crippen molar-refractivity contribution < 1.29 is 37.6 Å². The summed E-state index contributed by atoms with van der Waals surface area (Å²) in [4.78, 5) is 34.9. The molecule has 0 aliphatic rings. The number of carbonyl (C=O) groups excluding carboxylic acids is 2. The highest BCUT2D eigenvalue weighted by Crippen LogP contribution is 2.43. The molecule has 2 atom stereocenters. The molecule has 340 valence electrons. The number of allylic oxidation sites excluding steroid dienone is 12. The minimum atomic E-state index is -4.40. The van der Waals surface area contributed by atoms with Crippen LogP contribution in [0.2, 0.25) is 0 Å². The number of unbranched alkanes of at least 4 members (excludes halogenated alkanes) is 18. The Bertz CT molecular complexity index is 1190. The number of carbonyl (C=O) groups is 2. The average Bonchev–Trinajstić information content (AvgIpc) is 3.22. The molecule has 0 spiro atoms. The lowest BCUT2D eigenvalue weighted by Crippen LogP contribution is -2.29. The summed E-state index contributed by atoms with van der Waals surface area (Å²) in [5, 5.41) is 0. The molecular formula is C49H86NO8P. The van der Waals surface area contributed by atoms with Crippen LogP contribution in [0.25, 0.3) is 0 Å². The van der Waals surface area contributed by atoms with Crippen LogP contribution in [0.3, 0.4) is 0 Å². The van der Waals surface area contributed by atoms with Crippen LogP contribution in [-0.4, -0.2) is 49.3 Å². The Morgan fingerprint density at radius 2 is 0.932 bits per heavy atom. The predicted molar refractivity (Wildman–Crippen MR) is 247 cm³/mol. The summed E-state index contributed by atoms with van der Waals surface area (Å²) in [7, 11) is -4.40. The fourth-order valence-electron chi connectivity index (χ4n) is 6.19. The van der Waals surface area contributed by atoms with E-state index in [0.29, 0.717) is 12.8 Å². The fourth-order valence-corrected chi connectivity index (χ4v) is 6.96. The maximum atomic E-state index is 12.6. The maximum Gasteiger partial charge on any atom is 0.472 e. The Labute approximate surface area is 361 Å². The SMILES string of the molecule is CC/C=C/C/C=C/C/C=C/C/C=C/C/C=C/C/C=C/CCC(=O)OC[C@H](COP(=O)(O)OCCN)OC(=O)CCCCCCCCCCCCCCCCCCCCC. The fraction of sp³-hybridized carbons (Fsp3) is 0.714. The molecule has 10 heteroatoms. The first kappa shape index (κ1) is 56.5. The highest BCUT2D eigenvalue weighted by Gasteiger charge is 2.25. The van der Waals surface area contributed by atoms with E-state index < -0.39 is 32.5 Å². The van der Waals surface area contributed by atoms with E-state index in [1.54, 1.807) is 0 Å². The lowest BCUT2D eigenvalue weighted by Gasteiger charge is -2.19. The number of nitrogens with two attached hydrogens (primary N) is 1. The van der Waals surface area contributed by atoms with Gasteiger partial charge in [-0.25, -0.2) is 4.57 Å². The van der Waals surface area contributed by atoms with Gasteiger partial charge in [0.05, 0.1) is 13.2 Å². The van der Waals surface area contributed by atoms with Crippen LogP contribution in [-0.2, 0) is 32.7 Å². The van der Waals surface area contributed by atoms with Gasteiger partial charge < -0.3 is 20.1 Å². The third-order valence-corrected chi connectivity index (χ3v) is 10.6. The van der Waals surface area contributed by atoms with E-state index in [4.69, 9.17) is 24.3 Å². The smallest absolute Gasteiger partial charge is 0.462 e. The minimum Gasteiger partial charge on any atom is -0.462 e. The zero-order chi connectivity index (χ0) is 43.2. The highest BCUT2D eigenvalue weighted by atomic mass is 31.2. The van der Waals surface area contributed by atoms with Crippen molar-refractivity contribution in [3.05, 3.63) is 72.9 Å². The molecule has 0 aliphatic heterocycles. The Hall–Kier alpha value is -2.55. The van der Waals surface area contributed by atoms with Crippen molar-refractivity contribution in [1.82, 2.24) is 0 Å². The van der Waals surface area contributed by atoms with Crippen LogP contribution in [0.4, 0.5) is 0 Å². The third-order valence-electron chi connectivity index (χ3n) is 9.62. The maximum absolute atomic E-state index is 12.6. The lowest BCUT2D eigenvalue weighted by atomic mass is 10.0. The molecule has 0 saturated carbocycles. The summed E-state index contributed by atoms with van der Waals surface area (Å²) in [5.41, 5.74) is 5.35. The van der Waals surface area contributed by atoms with Gasteiger partial charge in [-0.05, 0) is 51.4 Å². The highest BCUT2D eigenvalue weighted by molar-refractivity contribution is 7.47. The van der Waals surface area contributed by atoms with Crippen LogP contribution >= 0.6 is 7.82 Å². The summed E-state index contributed by atoms with van der Waals surface area (Å²) < 4.78 is 32.8. The van der Waals surface area contributed by atoms with Gasteiger partial charge >= 0.3 is 19.8 Å². The molecule has 0 aromatic carbocycles. The first-order chi connectivity index (χ1) is 28.8. The van der Waals surface area contributed by atoms with Crippen LogP contribution in [0.5, 0.6) is 0 Å². The molecule has 3 N–H and O–H groups in total. The van der Waals surface area contributed by atoms with Crippen LogP contribution in [0, 0.1) is 0 Å². The molecule has 0 amide bonds.